The van der Waals surface area contributed by atoms with Crippen molar-refractivity contribution >= 4 is 35.2 Å². The molecule has 2 aromatic rings. The summed E-state index contributed by atoms with van der Waals surface area (Å²) >= 11 is 6.10. The molecule has 0 amide bonds. The summed E-state index contributed by atoms with van der Waals surface area (Å²) < 4.78 is 10.5. The maximum absolute atomic E-state index is 12.7. The van der Waals surface area contributed by atoms with E-state index in [0.717, 1.165) is 0 Å². The van der Waals surface area contributed by atoms with Gasteiger partial charge in [0.1, 0.15) is 0 Å². The molecular formula is C19H22ClN3O4. The Labute approximate surface area is 163 Å². The first kappa shape index (κ1) is 20.6. The lowest BCUT2D eigenvalue weighted by Gasteiger charge is -2.21. The van der Waals surface area contributed by atoms with Crippen LogP contribution in [0.25, 0.3) is 0 Å². The number of hydrogen-bond donors (Lipinski definition) is 1. The number of ether oxygens (including phenoxy) is 2. The van der Waals surface area contributed by atoms with Crippen molar-refractivity contribution in [1.82, 2.24) is 9.97 Å². The zero-order valence-corrected chi connectivity index (χ0v) is 16.4. The lowest BCUT2D eigenvalue weighted by Crippen LogP contribution is -2.30. The van der Waals surface area contributed by atoms with Crippen LogP contribution in [0.2, 0.25) is 5.02 Å². The van der Waals surface area contributed by atoms with Crippen molar-refractivity contribution in [1.29, 1.82) is 0 Å². The highest BCUT2D eigenvalue weighted by molar-refractivity contribution is 6.31. The Morgan fingerprint density at radius 2 is 1.56 bits per heavy atom. The first-order valence-electron chi connectivity index (χ1n) is 8.52. The van der Waals surface area contributed by atoms with Crippen LogP contribution in [0.1, 0.15) is 39.2 Å². The third-order valence-corrected chi connectivity index (χ3v) is 3.55. The summed E-state index contributed by atoms with van der Waals surface area (Å²) in [6.45, 7) is 6.84. The van der Waals surface area contributed by atoms with Crippen LogP contribution in [0, 0.1) is 0 Å². The summed E-state index contributed by atoms with van der Waals surface area (Å²) in [6, 6.07) is 6.44. The number of carbonyl (C=O) groups excluding carboxylic acids is 2. The Bertz CT molecular complexity index is 775. The van der Waals surface area contributed by atoms with Crippen molar-refractivity contribution in [2.75, 3.05) is 5.32 Å². The predicted octanol–water partition coefficient (Wildman–Crippen LogP) is 3.86. The van der Waals surface area contributed by atoms with Gasteiger partial charge in [-0.2, -0.15) is 0 Å². The molecule has 1 aromatic carbocycles. The highest BCUT2D eigenvalue weighted by Gasteiger charge is 2.35. The summed E-state index contributed by atoms with van der Waals surface area (Å²) in [5.74, 6) is -2.36. The van der Waals surface area contributed by atoms with Crippen LogP contribution in [0.4, 0.5) is 11.6 Å². The topological polar surface area (TPSA) is 90.4 Å². The fourth-order valence-corrected chi connectivity index (χ4v) is 2.50. The zero-order valence-electron chi connectivity index (χ0n) is 15.6. The van der Waals surface area contributed by atoms with Crippen molar-refractivity contribution in [3.8, 4) is 0 Å². The van der Waals surface area contributed by atoms with Crippen molar-refractivity contribution < 1.29 is 19.1 Å². The summed E-state index contributed by atoms with van der Waals surface area (Å²) in [7, 11) is 0. The molecule has 144 valence electrons. The summed E-state index contributed by atoms with van der Waals surface area (Å²) in [5.41, 5.74) is 0.781. The van der Waals surface area contributed by atoms with Gasteiger partial charge in [0, 0.05) is 28.7 Å². The van der Waals surface area contributed by atoms with Crippen molar-refractivity contribution in [2.24, 2.45) is 0 Å². The molecule has 7 nitrogen and oxygen atoms in total. The molecule has 1 N–H and O–H groups in total. The lowest BCUT2D eigenvalue weighted by atomic mass is 9.97. The SMILES string of the molecule is CC(C)OC(=O)C(C(=O)OC(C)C)c1ccc(Cl)cc1Nc1ncccn1. The lowest BCUT2D eigenvalue weighted by molar-refractivity contribution is -0.161. The highest BCUT2D eigenvalue weighted by Crippen LogP contribution is 2.32. The standard InChI is InChI=1S/C19H22ClN3O4/c1-11(2)26-17(24)16(18(25)27-12(3)4)14-7-6-13(20)10-15(14)23-19-21-8-5-9-22-19/h5-12,16H,1-4H3,(H,21,22,23). The van der Waals surface area contributed by atoms with Gasteiger partial charge >= 0.3 is 11.9 Å². The predicted molar refractivity (Wildman–Crippen MR) is 102 cm³/mol. The number of halogens is 1. The van der Waals surface area contributed by atoms with Crippen LogP contribution in [-0.2, 0) is 19.1 Å². The fraction of sp³-hybridized carbons (Fsp3) is 0.368. The molecule has 2 rings (SSSR count). The monoisotopic (exact) mass is 391 g/mol. The molecule has 0 aliphatic heterocycles. The molecule has 0 fully saturated rings. The molecule has 1 heterocycles. The molecular weight excluding hydrogens is 370 g/mol. The Kier molecular flexibility index (Phi) is 7.12. The molecule has 1 aromatic heterocycles. The minimum absolute atomic E-state index is 0.300. The van der Waals surface area contributed by atoms with Gasteiger partial charge in [-0.3, -0.25) is 9.59 Å². The highest BCUT2D eigenvalue weighted by atomic mass is 35.5. The van der Waals surface area contributed by atoms with Crippen LogP contribution in [0.3, 0.4) is 0 Å². The van der Waals surface area contributed by atoms with E-state index in [1.54, 1.807) is 64.4 Å². The fourth-order valence-electron chi connectivity index (χ4n) is 2.32. The van der Waals surface area contributed by atoms with Gasteiger partial charge in [0.05, 0.1) is 12.2 Å². The van der Waals surface area contributed by atoms with E-state index in [9.17, 15) is 9.59 Å². The molecule has 27 heavy (non-hydrogen) atoms. The summed E-state index contributed by atoms with van der Waals surface area (Å²) in [5, 5.41) is 3.41. The Morgan fingerprint density at radius 3 is 2.07 bits per heavy atom. The number of nitrogens with zero attached hydrogens (tertiary/aromatic N) is 2. The number of rotatable bonds is 7. The van der Waals surface area contributed by atoms with Gasteiger partial charge in [0.25, 0.3) is 0 Å². The summed E-state index contributed by atoms with van der Waals surface area (Å²) in [6.07, 6.45) is 2.37. The number of carbonyl (C=O) groups is 2. The molecule has 0 spiro atoms. The third kappa shape index (κ3) is 5.92. The minimum atomic E-state index is -1.27. The normalized spacial score (nSPS) is 11.0. The maximum atomic E-state index is 12.7. The van der Waals surface area contributed by atoms with E-state index in [4.69, 9.17) is 21.1 Å². The molecule has 8 heteroatoms. The third-order valence-electron chi connectivity index (χ3n) is 3.31. The first-order valence-corrected chi connectivity index (χ1v) is 8.90. The number of nitrogens with one attached hydrogen (secondary N) is 1. The van der Waals surface area contributed by atoms with E-state index in [1.165, 1.54) is 0 Å². The van der Waals surface area contributed by atoms with Crippen LogP contribution in [-0.4, -0.2) is 34.1 Å². The molecule has 0 bridgehead atoms. The van der Waals surface area contributed by atoms with Crippen molar-refractivity contribution in [2.45, 2.75) is 45.8 Å². The van der Waals surface area contributed by atoms with Crippen molar-refractivity contribution in [3.63, 3.8) is 0 Å². The maximum Gasteiger partial charge on any atom is 0.325 e. The zero-order chi connectivity index (χ0) is 20.0. The average molecular weight is 392 g/mol. The van der Waals surface area contributed by atoms with Gasteiger partial charge in [-0.1, -0.05) is 17.7 Å². The molecule has 0 saturated heterocycles. The van der Waals surface area contributed by atoms with Gasteiger partial charge in [-0.15, -0.1) is 0 Å². The van der Waals surface area contributed by atoms with E-state index < -0.39 is 17.9 Å². The van der Waals surface area contributed by atoms with E-state index in [0.29, 0.717) is 22.2 Å². The summed E-state index contributed by atoms with van der Waals surface area (Å²) in [4.78, 5) is 33.5. The number of aromatic nitrogens is 2. The van der Waals surface area contributed by atoms with Gasteiger partial charge in [-0.05, 0) is 45.9 Å². The Hall–Kier alpha value is -2.67. The smallest absolute Gasteiger partial charge is 0.325 e. The van der Waals surface area contributed by atoms with Gasteiger partial charge in [0.2, 0.25) is 5.95 Å². The van der Waals surface area contributed by atoms with Crippen LogP contribution in [0.15, 0.2) is 36.7 Å². The van der Waals surface area contributed by atoms with Crippen LogP contribution >= 0.6 is 11.6 Å². The van der Waals surface area contributed by atoms with Gasteiger partial charge < -0.3 is 14.8 Å². The molecule has 0 unspecified atom stereocenters. The molecule has 0 aliphatic rings. The van der Waals surface area contributed by atoms with Gasteiger partial charge in [-0.25, -0.2) is 9.97 Å². The van der Waals surface area contributed by atoms with E-state index in [1.807, 2.05) is 0 Å². The van der Waals surface area contributed by atoms with Crippen LogP contribution < -0.4 is 5.32 Å². The number of esters is 2. The minimum Gasteiger partial charge on any atom is -0.462 e. The number of anilines is 2. The van der Waals surface area contributed by atoms with E-state index in [2.05, 4.69) is 15.3 Å². The number of benzene rings is 1. The quantitative estimate of drug-likeness (QED) is 0.566. The molecule has 0 radical (unpaired) electrons. The molecule has 0 saturated carbocycles. The second kappa shape index (κ2) is 9.32. The molecule has 0 aliphatic carbocycles. The van der Waals surface area contributed by atoms with Gasteiger partial charge in [0.15, 0.2) is 5.92 Å². The first-order chi connectivity index (χ1) is 12.8. The Balaban J connectivity index is 2.47. The van der Waals surface area contributed by atoms with Crippen LogP contribution in [0.5, 0.6) is 0 Å². The average Bonchev–Trinajstić information content (AvgIpc) is 2.56. The largest absolute Gasteiger partial charge is 0.462 e. The molecule has 0 atom stereocenters. The Morgan fingerprint density at radius 1 is 1.00 bits per heavy atom. The second-order valence-corrected chi connectivity index (χ2v) is 6.77. The number of hydrogen-bond acceptors (Lipinski definition) is 7. The second-order valence-electron chi connectivity index (χ2n) is 6.33. The van der Waals surface area contributed by atoms with E-state index >= 15 is 0 Å². The van der Waals surface area contributed by atoms with Crippen molar-refractivity contribution in [3.05, 3.63) is 47.2 Å². The van der Waals surface area contributed by atoms with E-state index in [-0.39, 0.29) is 12.2 Å².